The number of hydrogen-bond acceptors (Lipinski definition) is 3. The van der Waals surface area contributed by atoms with Crippen LogP contribution in [0, 0.1) is 20.8 Å². The Hall–Kier alpha value is -1.42. The van der Waals surface area contributed by atoms with Crippen molar-refractivity contribution in [2.45, 2.75) is 20.8 Å². The van der Waals surface area contributed by atoms with Gasteiger partial charge >= 0.3 is 0 Å². The molecule has 0 atom stereocenters. The van der Waals surface area contributed by atoms with E-state index in [1.165, 1.54) is 0 Å². The first-order chi connectivity index (χ1) is 8.08. The molecule has 0 saturated carbocycles. The fraction of sp³-hybridized carbons (Fsp3) is 0.231. The highest BCUT2D eigenvalue weighted by Crippen LogP contribution is 2.29. The third-order valence-corrected chi connectivity index (χ3v) is 3.71. The summed E-state index contributed by atoms with van der Waals surface area (Å²) < 4.78 is 6.84. The molecule has 0 saturated heterocycles. The summed E-state index contributed by atoms with van der Waals surface area (Å²) >= 11 is 3.53. The van der Waals surface area contributed by atoms with Crippen LogP contribution in [-0.2, 0) is 0 Å². The Morgan fingerprint density at radius 3 is 2.18 bits per heavy atom. The van der Waals surface area contributed by atoms with Crippen LogP contribution >= 0.6 is 15.9 Å². The van der Waals surface area contributed by atoms with Gasteiger partial charge in [0.1, 0.15) is 5.75 Å². The van der Waals surface area contributed by atoms with Gasteiger partial charge < -0.3 is 4.74 Å². The van der Waals surface area contributed by atoms with Gasteiger partial charge in [0.2, 0.25) is 5.88 Å². The Morgan fingerprint density at radius 1 is 1.00 bits per heavy atom. The molecule has 2 rings (SSSR count). The summed E-state index contributed by atoms with van der Waals surface area (Å²) in [5.74, 6) is 1.33. The Morgan fingerprint density at radius 2 is 1.59 bits per heavy atom. The molecule has 0 spiro atoms. The number of hydrogen-bond donors (Lipinski definition) is 0. The van der Waals surface area contributed by atoms with Crippen LogP contribution < -0.4 is 4.74 Å². The predicted molar refractivity (Wildman–Crippen MR) is 70.5 cm³/mol. The first-order valence-corrected chi connectivity index (χ1v) is 6.09. The quantitative estimate of drug-likeness (QED) is 0.840. The minimum Gasteiger partial charge on any atom is -0.437 e. The van der Waals surface area contributed by atoms with E-state index < -0.39 is 0 Å². The number of benzene rings is 1. The third-order valence-electron chi connectivity index (χ3n) is 2.46. The fourth-order valence-corrected chi connectivity index (χ4v) is 1.80. The zero-order chi connectivity index (χ0) is 12.4. The van der Waals surface area contributed by atoms with E-state index in [1.54, 1.807) is 12.4 Å². The monoisotopic (exact) mass is 292 g/mol. The van der Waals surface area contributed by atoms with Crippen molar-refractivity contribution in [1.29, 1.82) is 0 Å². The topological polar surface area (TPSA) is 35.0 Å². The van der Waals surface area contributed by atoms with Gasteiger partial charge in [-0.2, -0.15) is 0 Å². The van der Waals surface area contributed by atoms with E-state index in [0.29, 0.717) is 5.88 Å². The SMILES string of the molecule is Cc1cc(Oc2nccnc2C)cc(C)c1Br. The highest BCUT2D eigenvalue weighted by molar-refractivity contribution is 9.10. The van der Waals surface area contributed by atoms with Crippen molar-refractivity contribution in [3.8, 4) is 11.6 Å². The lowest BCUT2D eigenvalue weighted by Gasteiger charge is -2.09. The molecule has 3 nitrogen and oxygen atoms in total. The van der Waals surface area contributed by atoms with Gasteiger partial charge in [-0.15, -0.1) is 0 Å². The summed E-state index contributed by atoms with van der Waals surface area (Å²) in [5.41, 5.74) is 3.06. The van der Waals surface area contributed by atoms with Crippen LogP contribution in [-0.4, -0.2) is 9.97 Å². The minimum absolute atomic E-state index is 0.550. The Balaban J connectivity index is 2.34. The van der Waals surface area contributed by atoms with E-state index in [9.17, 15) is 0 Å². The van der Waals surface area contributed by atoms with Crippen molar-refractivity contribution in [3.05, 3.63) is 45.8 Å². The van der Waals surface area contributed by atoms with Gasteiger partial charge in [0, 0.05) is 16.9 Å². The molecule has 0 N–H and O–H groups in total. The lowest BCUT2D eigenvalue weighted by Crippen LogP contribution is -1.94. The molecule has 0 aliphatic carbocycles. The number of aryl methyl sites for hydroxylation is 3. The van der Waals surface area contributed by atoms with E-state index >= 15 is 0 Å². The first kappa shape index (κ1) is 12.0. The maximum Gasteiger partial charge on any atom is 0.240 e. The Bertz CT molecular complexity index is 532. The molecular formula is C13H13BrN2O. The number of ether oxygens (including phenoxy) is 1. The van der Waals surface area contributed by atoms with E-state index in [4.69, 9.17) is 4.74 Å². The highest BCUT2D eigenvalue weighted by Gasteiger charge is 2.06. The summed E-state index contributed by atoms with van der Waals surface area (Å²) in [6.07, 6.45) is 3.28. The van der Waals surface area contributed by atoms with Crippen molar-refractivity contribution < 1.29 is 4.74 Å². The molecule has 0 aliphatic heterocycles. The summed E-state index contributed by atoms with van der Waals surface area (Å²) in [5, 5.41) is 0. The van der Waals surface area contributed by atoms with Gasteiger partial charge in [-0.3, -0.25) is 4.98 Å². The molecule has 0 unspecified atom stereocenters. The lowest BCUT2D eigenvalue weighted by molar-refractivity contribution is 0.454. The van der Waals surface area contributed by atoms with Crippen LogP contribution in [0.5, 0.6) is 11.6 Å². The summed E-state index contributed by atoms with van der Waals surface area (Å²) in [6, 6.07) is 3.95. The molecule has 0 fully saturated rings. The molecular weight excluding hydrogens is 280 g/mol. The number of rotatable bonds is 2. The van der Waals surface area contributed by atoms with E-state index in [2.05, 4.69) is 25.9 Å². The van der Waals surface area contributed by atoms with E-state index in [-0.39, 0.29) is 0 Å². The van der Waals surface area contributed by atoms with Gasteiger partial charge in [0.15, 0.2) is 0 Å². The predicted octanol–water partition coefficient (Wildman–Crippen LogP) is 3.96. The summed E-state index contributed by atoms with van der Waals surface area (Å²) in [6.45, 7) is 5.95. The van der Waals surface area contributed by atoms with Gasteiger partial charge in [-0.25, -0.2) is 4.98 Å². The van der Waals surface area contributed by atoms with Crippen molar-refractivity contribution in [2.24, 2.45) is 0 Å². The number of halogens is 1. The lowest BCUT2D eigenvalue weighted by atomic mass is 10.1. The molecule has 0 radical (unpaired) electrons. The minimum atomic E-state index is 0.550. The van der Waals surface area contributed by atoms with Crippen LogP contribution in [0.2, 0.25) is 0 Å². The smallest absolute Gasteiger partial charge is 0.240 e. The molecule has 88 valence electrons. The highest BCUT2D eigenvalue weighted by atomic mass is 79.9. The molecule has 2 aromatic rings. The van der Waals surface area contributed by atoms with Crippen LogP contribution in [0.1, 0.15) is 16.8 Å². The molecule has 1 aromatic carbocycles. The van der Waals surface area contributed by atoms with Crippen molar-refractivity contribution in [1.82, 2.24) is 9.97 Å². The van der Waals surface area contributed by atoms with Crippen LogP contribution in [0.15, 0.2) is 29.0 Å². The Kier molecular flexibility index (Phi) is 3.43. The van der Waals surface area contributed by atoms with Gasteiger partial charge in [0.25, 0.3) is 0 Å². The second-order valence-corrected chi connectivity index (χ2v) is 4.71. The zero-order valence-electron chi connectivity index (χ0n) is 9.99. The summed E-state index contributed by atoms with van der Waals surface area (Å²) in [7, 11) is 0. The van der Waals surface area contributed by atoms with Crippen molar-refractivity contribution in [2.75, 3.05) is 0 Å². The number of nitrogens with zero attached hydrogens (tertiary/aromatic N) is 2. The molecule has 4 heteroatoms. The normalized spacial score (nSPS) is 10.4. The molecule has 17 heavy (non-hydrogen) atoms. The average molecular weight is 293 g/mol. The second-order valence-electron chi connectivity index (χ2n) is 3.92. The molecule has 0 bridgehead atoms. The average Bonchev–Trinajstić information content (AvgIpc) is 2.29. The third kappa shape index (κ3) is 2.64. The molecule has 0 aliphatic rings. The number of aromatic nitrogens is 2. The van der Waals surface area contributed by atoms with Crippen molar-refractivity contribution >= 4 is 15.9 Å². The van der Waals surface area contributed by atoms with Gasteiger partial charge in [-0.05, 0) is 44.0 Å². The zero-order valence-corrected chi connectivity index (χ0v) is 11.6. The van der Waals surface area contributed by atoms with Gasteiger partial charge in [0.05, 0.1) is 5.69 Å². The summed E-state index contributed by atoms with van der Waals surface area (Å²) in [4.78, 5) is 8.30. The first-order valence-electron chi connectivity index (χ1n) is 5.30. The van der Waals surface area contributed by atoms with Crippen LogP contribution in [0.3, 0.4) is 0 Å². The van der Waals surface area contributed by atoms with Crippen molar-refractivity contribution in [3.63, 3.8) is 0 Å². The second kappa shape index (κ2) is 4.84. The largest absolute Gasteiger partial charge is 0.437 e. The van der Waals surface area contributed by atoms with Crippen LogP contribution in [0.25, 0.3) is 0 Å². The molecule has 1 heterocycles. The standard InChI is InChI=1S/C13H13BrN2O/c1-8-6-11(7-9(2)12(8)14)17-13-10(3)15-4-5-16-13/h4-7H,1-3H3. The molecule has 1 aromatic heterocycles. The van der Waals surface area contributed by atoms with Crippen LogP contribution in [0.4, 0.5) is 0 Å². The Labute approximate surface area is 109 Å². The maximum atomic E-state index is 5.73. The van der Waals surface area contributed by atoms with E-state index in [0.717, 1.165) is 27.0 Å². The van der Waals surface area contributed by atoms with Gasteiger partial charge in [-0.1, -0.05) is 15.9 Å². The maximum absolute atomic E-state index is 5.73. The van der Waals surface area contributed by atoms with E-state index in [1.807, 2.05) is 32.9 Å². The molecule has 0 amide bonds. The fourth-order valence-electron chi connectivity index (χ4n) is 1.57.